The molecular weight excluding hydrogens is 288 g/mol. The van der Waals surface area contributed by atoms with Gasteiger partial charge in [-0.25, -0.2) is 17.6 Å². The minimum absolute atomic E-state index is 0.111. The number of benzene rings is 1. The summed E-state index contributed by atoms with van der Waals surface area (Å²) >= 11 is 0. The molecule has 0 fully saturated rings. The van der Waals surface area contributed by atoms with E-state index >= 15 is 0 Å². The van der Waals surface area contributed by atoms with Gasteiger partial charge in [0.25, 0.3) is 0 Å². The number of aryl methyl sites for hydroxylation is 1. The van der Waals surface area contributed by atoms with Crippen molar-refractivity contribution in [3.63, 3.8) is 0 Å². The van der Waals surface area contributed by atoms with Gasteiger partial charge in [-0.3, -0.25) is 0 Å². The maximum absolute atomic E-state index is 13.4. The average molecular weight is 308 g/mol. The predicted molar refractivity (Wildman–Crippen MR) is 73.5 cm³/mol. The molecule has 20 heavy (non-hydrogen) atoms. The summed E-state index contributed by atoms with van der Waals surface area (Å²) in [5.74, 6) is -6.11. The lowest BCUT2D eigenvalue weighted by atomic mass is 9.99. The molecule has 0 amide bonds. The molecule has 0 saturated carbocycles. The van der Waals surface area contributed by atoms with Crippen molar-refractivity contribution in [3.05, 3.63) is 34.9 Å². The van der Waals surface area contributed by atoms with E-state index in [1.165, 1.54) is 0 Å². The Morgan fingerprint density at radius 2 is 1.65 bits per heavy atom. The van der Waals surface area contributed by atoms with Crippen LogP contribution < -0.4 is 0 Å². The molecule has 0 bridgehead atoms. The number of hydrogen-bond acceptors (Lipinski definition) is 1. The van der Waals surface area contributed by atoms with Gasteiger partial charge in [0, 0.05) is 5.60 Å². The van der Waals surface area contributed by atoms with Gasteiger partial charge in [0.05, 0.1) is 0 Å². The highest BCUT2D eigenvalue weighted by Gasteiger charge is 2.18. The normalized spacial score (nSPS) is 12.1. The monoisotopic (exact) mass is 308 g/mol. The number of rotatable bonds is 7. The van der Waals surface area contributed by atoms with E-state index in [1.54, 1.807) is 0 Å². The summed E-state index contributed by atoms with van der Waals surface area (Å²) in [5.41, 5.74) is -0.259. The summed E-state index contributed by atoms with van der Waals surface area (Å²) in [6, 6.07) is 0.735. The minimum Gasteiger partial charge on any atom is -0.423 e. The van der Waals surface area contributed by atoms with Crippen molar-refractivity contribution >= 4 is 10.5 Å². The van der Waals surface area contributed by atoms with Gasteiger partial charge < -0.3 is 4.43 Å². The summed E-state index contributed by atoms with van der Waals surface area (Å²) in [7, 11) is 0.674. The van der Waals surface area contributed by atoms with Crippen LogP contribution in [0.2, 0.25) is 0 Å². The predicted octanol–water partition coefficient (Wildman–Crippen LogP) is 3.42. The topological polar surface area (TPSA) is 9.23 Å². The molecule has 0 atom stereocenters. The summed E-state index contributed by atoms with van der Waals surface area (Å²) < 4.78 is 57.6. The van der Waals surface area contributed by atoms with Crippen molar-refractivity contribution in [2.24, 2.45) is 0 Å². The lowest BCUT2D eigenvalue weighted by molar-refractivity contribution is 0.109. The zero-order valence-corrected chi connectivity index (χ0v) is 14.0. The lowest BCUT2D eigenvalue weighted by Crippen LogP contribution is -2.22. The molecule has 0 saturated heterocycles. The number of halogens is 4. The molecule has 6 heteroatoms. The zero-order chi connectivity index (χ0) is 15.3. The average Bonchev–Trinajstić information content (AvgIpc) is 2.41. The van der Waals surface area contributed by atoms with Crippen LogP contribution in [0.4, 0.5) is 17.6 Å². The number of unbranched alkanes of at least 4 members (excludes halogenated alkanes) is 2. The third kappa shape index (κ3) is 4.59. The molecule has 0 aliphatic rings. The molecule has 1 nitrogen and oxygen atoms in total. The Morgan fingerprint density at radius 1 is 1.00 bits per heavy atom. The van der Waals surface area contributed by atoms with Crippen LogP contribution >= 0.6 is 0 Å². The third-order valence-electron chi connectivity index (χ3n) is 3.46. The van der Waals surface area contributed by atoms with Crippen LogP contribution in [0.15, 0.2) is 6.07 Å². The molecular formula is C14H20F4OSi. The molecule has 1 rings (SSSR count). The summed E-state index contributed by atoms with van der Waals surface area (Å²) in [6.45, 7) is 4.01. The van der Waals surface area contributed by atoms with E-state index in [1.807, 2.05) is 13.8 Å². The largest absolute Gasteiger partial charge is 0.423 e. The highest BCUT2D eigenvalue weighted by molar-refractivity contribution is 5.98. The van der Waals surface area contributed by atoms with Crippen molar-refractivity contribution in [3.8, 4) is 0 Å². The van der Waals surface area contributed by atoms with E-state index in [-0.39, 0.29) is 17.6 Å². The van der Waals surface area contributed by atoms with Gasteiger partial charge in [-0.2, -0.15) is 0 Å². The van der Waals surface area contributed by atoms with Crippen LogP contribution in [0.25, 0.3) is 0 Å². The Kier molecular flexibility index (Phi) is 6.20. The van der Waals surface area contributed by atoms with Crippen LogP contribution in [0.3, 0.4) is 0 Å². The summed E-state index contributed by atoms with van der Waals surface area (Å²) in [6.07, 6.45) is 3.36. The standard InChI is InChI=1S/C14H20F4OSi/c1-14(2,19-20)7-5-3-4-6-9-8-10(15)12(17)13(18)11(9)16/h8H,3-7H2,1-2,20H3. The van der Waals surface area contributed by atoms with E-state index in [4.69, 9.17) is 4.43 Å². The van der Waals surface area contributed by atoms with Crippen LogP contribution in [0.1, 0.15) is 45.1 Å². The molecule has 1 aromatic rings. The van der Waals surface area contributed by atoms with Gasteiger partial charge in [0.1, 0.15) is 10.5 Å². The SMILES string of the molecule is CC(C)(CCCCCc1cc(F)c(F)c(F)c1F)O[SiH3]. The fraction of sp³-hybridized carbons (Fsp3) is 0.571. The van der Waals surface area contributed by atoms with Crippen LogP contribution in [0.5, 0.6) is 0 Å². The highest BCUT2D eigenvalue weighted by atomic mass is 28.2. The molecule has 0 radical (unpaired) electrons. The molecule has 1 aromatic carbocycles. The van der Waals surface area contributed by atoms with Crippen LogP contribution in [-0.4, -0.2) is 16.1 Å². The molecule has 0 aromatic heterocycles. The van der Waals surface area contributed by atoms with E-state index < -0.39 is 23.3 Å². The molecule has 0 N–H and O–H groups in total. The van der Waals surface area contributed by atoms with E-state index in [0.29, 0.717) is 16.9 Å². The fourth-order valence-corrected chi connectivity index (χ4v) is 2.15. The van der Waals surface area contributed by atoms with Gasteiger partial charge in [-0.15, -0.1) is 0 Å². The Hall–Kier alpha value is -0.883. The van der Waals surface area contributed by atoms with Crippen LogP contribution in [0, 0.1) is 23.3 Å². The molecule has 0 spiro atoms. The maximum Gasteiger partial charge on any atom is 0.197 e. The van der Waals surface area contributed by atoms with E-state index in [9.17, 15) is 17.6 Å². The van der Waals surface area contributed by atoms with Gasteiger partial charge in [-0.1, -0.05) is 12.8 Å². The Balaban J connectivity index is 2.47. The summed E-state index contributed by atoms with van der Waals surface area (Å²) in [5, 5.41) is 0. The van der Waals surface area contributed by atoms with Crippen molar-refractivity contribution in [1.29, 1.82) is 0 Å². The van der Waals surface area contributed by atoms with Crippen molar-refractivity contribution in [1.82, 2.24) is 0 Å². The first-order valence-electron chi connectivity index (χ1n) is 6.65. The van der Waals surface area contributed by atoms with Crippen molar-refractivity contribution < 1.29 is 22.0 Å². The quantitative estimate of drug-likeness (QED) is 0.247. The smallest absolute Gasteiger partial charge is 0.197 e. The third-order valence-corrected chi connectivity index (χ3v) is 4.56. The number of hydrogen-bond donors (Lipinski definition) is 0. The molecule has 0 unspecified atom stereocenters. The fourth-order valence-electron chi connectivity index (χ4n) is 1.95. The molecule has 0 aliphatic carbocycles. The second-order valence-corrected chi connectivity index (χ2v) is 5.89. The van der Waals surface area contributed by atoms with Crippen LogP contribution in [-0.2, 0) is 10.8 Å². The Labute approximate surface area is 119 Å². The minimum atomic E-state index is -1.75. The first-order chi connectivity index (χ1) is 9.28. The van der Waals surface area contributed by atoms with Gasteiger partial charge >= 0.3 is 0 Å². The molecule has 114 valence electrons. The second-order valence-electron chi connectivity index (χ2n) is 5.48. The van der Waals surface area contributed by atoms with E-state index in [0.717, 1.165) is 25.3 Å². The first kappa shape index (κ1) is 17.2. The van der Waals surface area contributed by atoms with Gasteiger partial charge in [0.2, 0.25) is 0 Å². The molecule has 0 aliphatic heterocycles. The maximum atomic E-state index is 13.4. The first-order valence-corrected chi connectivity index (χ1v) is 7.47. The zero-order valence-electron chi connectivity index (χ0n) is 12.0. The highest BCUT2D eigenvalue weighted by Crippen LogP contribution is 2.22. The van der Waals surface area contributed by atoms with Crippen molar-refractivity contribution in [2.75, 3.05) is 0 Å². The second kappa shape index (κ2) is 7.22. The Morgan fingerprint density at radius 3 is 2.25 bits per heavy atom. The van der Waals surface area contributed by atoms with Gasteiger partial charge in [-0.05, 0) is 44.7 Å². The van der Waals surface area contributed by atoms with Gasteiger partial charge in [0.15, 0.2) is 23.3 Å². The van der Waals surface area contributed by atoms with Crippen molar-refractivity contribution in [2.45, 2.75) is 51.6 Å². The summed E-state index contributed by atoms with van der Waals surface area (Å²) in [4.78, 5) is 0. The van der Waals surface area contributed by atoms with E-state index in [2.05, 4.69) is 0 Å². The molecule has 0 heterocycles. The Bertz CT molecular complexity index is 463. The lowest BCUT2D eigenvalue weighted by Gasteiger charge is -2.23.